The summed E-state index contributed by atoms with van der Waals surface area (Å²) in [6.07, 6.45) is 12.3. The predicted molar refractivity (Wildman–Crippen MR) is 112 cm³/mol. The molecular weight excluding hydrogens is 370 g/mol. The molecule has 0 aromatic rings. The molecule has 4 atom stereocenters. The van der Waals surface area contributed by atoms with E-state index < -0.39 is 5.97 Å². The van der Waals surface area contributed by atoms with Gasteiger partial charge in [-0.3, -0.25) is 14.4 Å². The first kappa shape index (κ1) is 23.8. The Labute approximate surface area is 175 Å². The van der Waals surface area contributed by atoms with E-state index in [1.54, 1.807) is 0 Å². The number of fused-ring (bicyclic) bond motifs is 2. The number of carbonyl (C=O) groups excluding carboxylic acids is 2. The molecule has 0 radical (unpaired) electrons. The Morgan fingerprint density at radius 3 is 2.28 bits per heavy atom. The van der Waals surface area contributed by atoms with E-state index >= 15 is 0 Å². The monoisotopic (exact) mass is 409 g/mol. The van der Waals surface area contributed by atoms with E-state index in [2.05, 4.69) is 12.2 Å². The average Bonchev–Trinajstić information content (AvgIpc) is 3.29. The Kier molecular flexibility index (Phi) is 10.7. The normalized spacial score (nSPS) is 25.3. The molecule has 0 saturated carbocycles. The van der Waals surface area contributed by atoms with Gasteiger partial charge in [0.25, 0.3) is 0 Å². The van der Waals surface area contributed by atoms with Crippen LogP contribution in [-0.4, -0.2) is 41.5 Å². The van der Waals surface area contributed by atoms with Crippen LogP contribution in [0.15, 0.2) is 0 Å². The summed E-state index contributed by atoms with van der Waals surface area (Å²) < 4.78 is 6.11. The maximum atomic E-state index is 12.2. The Hall–Kier alpha value is -1.43. The van der Waals surface area contributed by atoms with Crippen molar-refractivity contribution in [2.24, 2.45) is 11.8 Å². The lowest BCUT2D eigenvalue weighted by molar-refractivity contribution is -0.137. The van der Waals surface area contributed by atoms with Crippen LogP contribution >= 0.6 is 0 Å². The molecule has 29 heavy (non-hydrogen) atoms. The number of aliphatic carboxylic acids is 1. The maximum Gasteiger partial charge on any atom is 0.303 e. The highest BCUT2D eigenvalue weighted by Crippen LogP contribution is 2.45. The van der Waals surface area contributed by atoms with Gasteiger partial charge in [-0.1, -0.05) is 39.0 Å². The number of ketones is 1. The predicted octanol–water partition coefficient (Wildman–Crippen LogP) is 4.25. The van der Waals surface area contributed by atoms with E-state index in [4.69, 9.17) is 9.84 Å². The highest BCUT2D eigenvalue weighted by molar-refractivity contribution is 5.84. The van der Waals surface area contributed by atoms with Gasteiger partial charge in [0.2, 0.25) is 5.91 Å². The van der Waals surface area contributed by atoms with Crippen LogP contribution in [0.5, 0.6) is 0 Å². The number of unbranched alkanes of at least 4 members (excludes halogenated alkanes) is 5. The average molecular weight is 410 g/mol. The van der Waals surface area contributed by atoms with Crippen LogP contribution in [0, 0.1) is 11.8 Å². The largest absolute Gasteiger partial charge is 0.481 e. The highest BCUT2D eigenvalue weighted by Gasteiger charge is 2.48. The summed E-state index contributed by atoms with van der Waals surface area (Å²) in [5.41, 5.74) is 0. The molecule has 2 saturated heterocycles. The molecule has 2 N–H and O–H groups in total. The summed E-state index contributed by atoms with van der Waals surface area (Å²) in [5.74, 6) is 0.313. The van der Waals surface area contributed by atoms with Gasteiger partial charge in [-0.25, -0.2) is 0 Å². The molecule has 0 aliphatic carbocycles. The number of ether oxygens (including phenoxy) is 1. The molecule has 166 valence electrons. The molecule has 2 fully saturated rings. The third-order valence-electron chi connectivity index (χ3n) is 6.49. The molecule has 2 aliphatic rings. The lowest BCUT2D eigenvalue weighted by Crippen LogP contribution is -2.38. The van der Waals surface area contributed by atoms with Crippen molar-refractivity contribution in [1.82, 2.24) is 5.32 Å². The van der Waals surface area contributed by atoms with Crippen molar-refractivity contribution in [2.75, 3.05) is 6.54 Å². The van der Waals surface area contributed by atoms with Crippen molar-refractivity contribution >= 4 is 17.7 Å². The molecule has 0 spiro atoms. The minimum absolute atomic E-state index is 0.0240. The standard InChI is InChI=1S/C23H39NO5/c1-2-3-6-9-17(25)12-15-22(26)24-16-19-18(20-13-14-21(19)29-20)10-7-4-5-8-11-23(27)28/h18-21H,2-16H2,1H3,(H,24,26)(H,27,28)/t18-,19+,20-,21+/m1/s1. The SMILES string of the molecule is CCCCCC(=O)CCC(=O)NC[C@H]1[C@@H](CCCCCCC(=O)O)[C@H]2CC[C@@H]1O2. The number of Topliss-reactive ketones (excluding diaryl/α,β-unsaturated/α-hetero) is 1. The first-order valence-electron chi connectivity index (χ1n) is 11.7. The second kappa shape index (κ2) is 13.0. The lowest BCUT2D eigenvalue weighted by atomic mass is 9.76. The van der Waals surface area contributed by atoms with Crippen LogP contribution in [0.1, 0.15) is 96.8 Å². The van der Waals surface area contributed by atoms with E-state index in [0.717, 1.165) is 64.2 Å². The molecule has 2 bridgehead atoms. The van der Waals surface area contributed by atoms with Crippen molar-refractivity contribution in [3.05, 3.63) is 0 Å². The van der Waals surface area contributed by atoms with Gasteiger partial charge in [0.1, 0.15) is 5.78 Å². The fourth-order valence-corrected chi connectivity index (χ4v) is 4.83. The fraction of sp³-hybridized carbons (Fsp3) is 0.870. The van der Waals surface area contributed by atoms with Crippen LogP contribution in [0.3, 0.4) is 0 Å². The number of carboxylic acid groups (broad SMARTS) is 1. The molecule has 2 aliphatic heterocycles. The quantitative estimate of drug-likeness (QED) is 0.372. The minimum atomic E-state index is -0.718. The van der Waals surface area contributed by atoms with Gasteiger partial charge in [-0.05, 0) is 38.0 Å². The molecule has 6 heteroatoms. The van der Waals surface area contributed by atoms with Gasteiger partial charge in [-0.15, -0.1) is 0 Å². The third-order valence-corrected chi connectivity index (χ3v) is 6.49. The van der Waals surface area contributed by atoms with Crippen molar-refractivity contribution in [3.63, 3.8) is 0 Å². The van der Waals surface area contributed by atoms with Crippen molar-refractivity contribution < 1.29 is 24.2 Å². The van der Waals surface area contributed by atoms with Crippen LogP contribution in [0.4, 0.5) is 0 Å². The zero-order valence-electron chi connectivity index (χ0n) is 18.0. The lowest BCUT2D eigenvalue weighted by Gasteiger charge is -2.28. The summed E-state index contributed by atoms with van der Waals surface area (Å²) >= 11 is 0. The molecule has 2 rings (SSSR count). The summed E-state index contributed by atoms with van der Waals surface area (Å²) in [4.78, 5) is 34.6. The molecule has 1 amide bonds. The Morgan fingerprint density at radius 2 is 1.55 bits per heavy atom. The maximum absolute atomic E-state index is 12.2. The van der Waals surface area contributed by atoms with Gasteiger partial charge in [-0.2, -0.15) is 0 Å². The minimum Gasteiger partial charge on any atom is -0.481 e. The van der Waals surface area contributed by atoms with E-state index in [-0.39, 0.29) is 24.2 Å². The van der Waals surface area contributed by atoms with Gasteiger partial charge in [0, 0.05) is 38.1 Å². The molecule has 0 unspecified atom stereocenters. The third kappa shape index (κ3) is 8.45. The van der Waals surface area contributed by atoms with Crippen molar-refractivity contribution in [2.45, 2.75) is 109 Å². The summed E-state index contributed by atoms with van der Waals surface area (Å²) in [6.45, 7) is 2.76. The Balaban J connectivity index is 1.63. The van der Waals surface area contributed by atoms with Crippen molar-refractivity contribution in [1.29, 1.82) is 0 Å². The van der Waals surface area contributed by atoms with Gasteiger partial charge < -0.3 is 15.2 Å². The Bertz CT molecular complexity index is 535. The van der Waals surface area contributed by atoms with E-state index in [9.17, 15) is 14.4 Å². The fourth-order valence-electron chi connectivity index (χ4n) is 4.83. The molecule has 2 heterocycles. The molecule has 6 nitrogen and oxygen atoms in total. The number of carboxylic acids is 1. The van der Waals surface area contributed by atoms with Gasteiger partial charge in [0.15, 0.2) is 0 Å². The van der Waals surface area contributed by atoms with E-state index in [0.29, 0.717) is 43.7 Å². The summed E-state index contributed by atoms with van der Waals surface area (Å²) in [7, 11) is 0. The second-order valence-electron chi connectivity index (χ2n) is 8.76. The summed E-state index contributed by atoms with van der Waals surface area (Å²) in [5, 5.41) is 11.7. The van der Waals surface area contributed by atoms with Crippen LogP contribution in [-0.2, 0) is 19.1 Å². The summed E-state index contributed by atoms with van der Waals surface area (Å²) in [6, 6.07) is 0. The van der Waals surface area contributed by atoms with Crippen LogP contribution in [0.25, 0.3) is 0 Å². The number of hydrogen-bond acceptors (Lipinski definition) is 4. The number of hydrogen-bond donors (Lipinski definition) is 2. The van der Waals surface area contributed by atoms with Crippen LogP contribution < -0.4 is 5.32 Å². The first-order chi connectivity index (χ1) is 14.0. The van der Waals surface area contributed by atoms with Crippen LogP contribution in [0.2, 0.25) is 0 Å². The van der Waals surface area contributed by atoms with Crippen molar-refractivity contribution in [3.8, 4) is 0 Å². The number of amides is 1. The molecule has 0 aromatic heterocycles. The van der Waals surface area contributed by atoms with E-state index in [1.165, 1.54) is 0 Å². The highest BCUT2D eigenvalue weighted by atomic mass is 16.5. The molecular formula is C23H39NO5. The second-order valence-corrected chi connectivity index (χ2v) is 8.76. The smallest absolute Gasteiger partial charge is 0.303 e. The van der Waals surface area contributed by atoms with E-state index in [1.807, 2.05) is 0 Å². The Morgan fingerprint density at radius 1 is 0.862 bits per heavy atom. The van der Waals surface area contributed by atoms with Gasteiger partial charge >= 0.3 is 5.97 Å². The first-order valence-corrected chi connectivity index (χ1v) is 11.7. The number of rotatable bonds is 16. The molecule has 0 aromatic carbocycles. The zero-order valence-corrected chi connectivity index (χ0v) is 18.0. The number of carbonyl (C=O) groups is 3. The number of nitrogens with one attached hydrogen (secondary N) is 1. The topological polar surface area (TPSA) is 92.7 Å². The van der Waals surface area contributed by atoms with Gasteiger partial charge in [0.05, 0.1) is 12.2 Å². The zero-order chi connectivity index (χ0) is 21.1.